The lowest BCUT2D eigenvalue weighted by molar-refractivity contribution is 0.746. The number of aromatic nitrogens is 2. The molecule has 1 atom stereocenters. The Morgan fingerprint density at radius 1 is 1.39 bits per heavy atom. The molecule has 0 bridgehead atoms. The maximum absolute atomic E-state index is 4.44. The molecule has 4 heteroatoms. The molecular formula is C14H18BrN3. The summed E-state index contributed by atoms with van der Waals surface area (Å²) in [5.74, 6) is 0. The Morgan fingerprint density at radius 2 is 2.11 bits per heavy atom. The molecular weight excluding hydrogens is 290 g/mol. The van der Waals surface area contributed by atoms with Crippen LogP contribution in [0.2, 0.25) is 0 Å². The van der Waals surface area contributed by atoms with Crippen LogP contribution in [-0.4, -0.2) is 9.78 Å². The van der Waals surface area contributed by atoms with Gasteiger partial charge in [0.2, 0.25) is 0 Å². The van der Waals surface area contributed by atoms with Crippen LogP contribution in [0.1, 0.15) is 31.1 Å². The lowest BCUT2D eigenvalue weighted by Gasteiger charge is -2.16. The normalized spacial score (nSPS) is 12.4. The van der Waals surface area contributed by atoms with Gasteiger partial charge in [-0.25, -0.2) is 0 Å². The molecule has 1 aromatic heterocycles. The maximum Gasteiger partial charge on any atom is 0.0853 e. The molecule has 0 spiro atoms. The molecule has 1 aromatic carbocycles. The van der Waals surface area contributed by atoms with Gasteiger partial charge in [0.15, 0.2) is 0 Å². The fourth-order valence-electron chi connectivity index (χ4n) is 2.05. The van der Waals surface area contributed by atoms with Gasteiger partial charge in [-0.3, -0.25) is 4.68 Å². The lowest BCUT2D eigenvalue weighted by Crippen LogP contribution is -2.08. The summed E-state index contributed by atoms with van der Waals surface area (Å²) in [7, 11) is 1.95. The summed E-state index contributed by atoms with van der Waals surface area (Å²) < 4.78 is 2.99. The van der Waals surface area contributed by atoms with Gasteiger partial charge in [-0.05, 0) is 25.0 Å². The fourth-order valence-corrected chi connectivity index (χ4v) is 2.68. The zero-order valence-corrected chi connectivity index (χ0v) is 12.5. The summed E-state index contributed by atoms with van der Waals surface area (Å²) in [6.07, 6.45) is 2.97. The van der Waals surface area contributed by atoms with Crippen LogP contribution in [0.3, 0.4) is 0 Å². The van der Waals surface area contributed by atoms with Crippen LogP contribution in [0.5, 0.6) is 0 Å². The summed E-state index contributed by atoms with van der Waals surface area (Å²) >= 11 is 3.59. The van der Waals surface area contributed by atoms with Gasteiger partial charge in [0.05, 0.1) is 11.4 Å². The number of hydrogen-bond acceptors (Lipinski definition) is 2. The van der Waals surface area contributed by atoms with Crippen molar-refractivity contribution in [1.29, 1.82) is 0 Å². The molecule has 2 aromatic rings. The van der Waals surface area contributed by atoms with E-state index in [1.165, 1.54) is 5.56 Å². The predicted molar refractivity (Wildman–Crippen MR) is 78.8 cm³/mol. The summed E-state index contributed by atoms with van der Waals surface area (Å²) in [5.41, 5.74) is 3.48. The average molecular weight is 308 g/mol. The summed E-state index contributed by atoms with van der Waals surface area (Å²) in [4.78, 5) is 0. The zero-order chi connectivity index (χ0) is 13.1. The molecule has 0 radical (unpaired) electrons. The number of nitrogens with zero attached hydrogens (tertiary/aromatic N) is 2. The second-order valence-electron chi connectivity index (χ2n) is 4.40. The molecule has 0 aliphatic heterocycles. The summed E-state index contributed by atoms with van der Waals surface area (Å²) in [5, 5.41) is 7.97. The van der Waals surface area contributed by atoms with Crippen molar-refractivity contribution in [1.82, 2.24) is 9.78 Å². The largest absolute Gasteiger partial charge is 0.376 e. The van der Waals surface area contributed by atoms with Gasteiger partial charge in [0.25, 0.3) is 0 Å². The number of anilines is 1. The molecule has 0 amide bonds. The van der Waals surface area contributed by atoms with E-state index in [1.807, 2.05) is 24.0 Å². The third-order valence-corrected chi connectivity index (χ3v) is 3.71. The van der Waals surface area contributed by atoms with Crippen molar-refractivity contribution in [2.24, 2.45) is 7.05 Å². The van der Waals surface area contributed by atoms with Crippen molar-refractivity contribution in [3.05, 3.63) is 46.2 Å². The third-order valence-electron chi connectivity index (χ3n) is 2.98. The summed E-state index contributed by atoms with van der Waals surface area (Å²) in [6.45, 7) is 4.28. The first kappa shape index (κ1) is 13.1. The van der Waals surface area contributed by atoms with E-state index in [-0.39, 0.29) is 6.04 Å². The SMILES string of the molecule is CCc1nn(C)cc1NC(C)c1ccccc1Br. The summed E-state index contributed by atoms with van der Waals surface area (Å²) in [6, 6.07) is 8.53. The smallest absolute Gasteiger partial charge is 0.0853 e. The topological polar surface area (TPSA) is 29.9 Å². The Bertz CT molecular complexity index is 534. The molecule has 2 rings (SSSR count). The van der Waals surface area contributed by atoms with Crippen molar-refractivity contribution < 1.29 is 0 Å². The Labute approximate surface area is 116 Å². The van der Waals surface area contributed by atoms with Gasteiger partial charge in [-0.15, -0.1) is 0 Å². The van der Waals surface area contributed by atoms with E-state index >= 15 is 0 Å². The van der Waals surface area contributed by atoms with E-state index in [4.69, 9.17) is 0 Å². The van der Waals surface area contributed by atoms with Crippen LogP contribution >= 0.6 is 15.9 Å². The van der Waals surface area contributed by atoms with Crippen LogP contribution in [0, 0.1) is 0 Å². The molecule has 3 nitrogen and oxygen atoms in total. The molecule has 1 unspecified atom stereocenters. The Balaban J connectivity index is 2.21. The molecule has 0 aliphatic rings. The first-order valence-corrected chi connectivity index (χ1v) is 6.94. The minimum atomic E-state index is 0.245. The van der Waals surface area contributed by atoms with E-state index in [0.717, 1.165) is 22.3 Å². The number of hydrogen-bond donors (Lipinski definition) is 1. The standard InChI is InChI=1S/C14H18BrN3/c1-4-13-14(9-18(3)17-13)16-10(2)11-7-5-6-8-12(11)15/h5-10,16H,4H2,1-3H3. The molecule has 0 fully saturated rings. The van der Waals surface area contributed by atoms with E-state index in [1.54, 1.807) is 0 Å². The predicted octanol–water partition coefficient (Wildman–Crippen LogP) is 3.92. The maximum atomic E-state index is 4.44. The van der Waals surface area contributed by atoms with Crippen molar-refractivity contribution in [2.75, 3.05) is 5.32 Å². The van der Waals surface area contributed by atoms with Crippen molar-refractivity contribution in [3.63, 3.8) is 0 Å². The number of halogens is 1. The third kappa shape index (κ3) is 2.75. The van der Waals surface area contributed by atoms with E-state index in [2.05, 4.69) is 58.4 Å². The first-order valence-electron chi connectivity index (χ1n) is 6.15. The van der Waals surface area contributed by atoms with E-state index < -0.39 is 0 Å². The van der Waals surface area contributed by atoms with Gasteiger partial charge < -0.3 is 5.32 Å². The van der Waals surface area contributed by atoms with Crippen LogP contribution in [0.25, 0.3) is 0 Å². The van der Waals surface area contributed by atoms with Crippen molar-refractivity contribution in [3.8, 4) is 0 Å². The molecule has 0 aliphatic carbocycles. The Morgan fingerprint density at radius 3 is 2.78 bits per heavy atom. The van der Waals surface area contributed by atoms with Crippen molar-refractivity contribution in [2.45, 2.75) is 26.3 Å². The molecule has 1 heterocycles. The number of rotatable bonds is 4. The first-order chi connectivity index (χ1) is 8.61. The molecule has 96 valence electrons. The second-order valence-corrected chi connectivity index (χ2v) is 5.26. The lowest BCUT2D eigenvalue weighted by atomic mass is 10.1. The highest BCUT2D eigenvalue weighted by molar-refractivity contribution is 9.10. The monoisotopic (exact) mass is 307 g/mol. The van der Waals surface area contributed by atoms with Gasteiger partial charge in [0.1, 0.15) is 0 Å². The zero-order valence-electron chi connectivity index (χ0n) is 10.9. The number of aryl methyl sites for hydroxylation is 2. The quantitative estimate of drug-likeness (QED) is 0.928. The van der Waals surface area contributed by atoms with Crippen LogP contribution < -0.4 is 5.32 Å². The highest BCUT2D eigenvalue weighted by atomic mass is 79.9. The molecule has 0 saturated heterocycles. The van der Waals surface area contributed by atoms with Crippen LogP contribution in [0.15, 0.2) is 34.9 Å². The Hall–Kier alpha value is -1.29. The van der Waals surface area contributed by atoms with E-state index in [9.17, 15) is 0 Å². The fraction of sp³-hybridized carbons (Fsp3) is 0.357. The van der Waals surface area contributed by atoms with Crippen LogP contribution in [-0.2, 0) is 13.5 Å². The number of nitrogens with one attached hydrogen (secondary N) is 1. The molecule has 1 N–H and O–H groups in total. The highest BCUT2D eigenvalue weighted by Crippen LogP contribution is 2.27. The van der Waals surface area contributed by atoms with Crippen molar-refractivity contribution >= 4 is 21.6 Å². The van der Waals surface area contributed by atoms with Gasteiger partial charge in [-0.1, -0.05) is 41.1 Å². The molecule has 0 saturated carbocycles. The van der Waals surface area contributed by atoms with Gasteiger partial charge in [0, 0.05) is 23.8 Å². The molecule has 18 heavy (non-hydrogen) atoms. The van der Waals surface area contributed by atoms with Crippen LogP contribution in [0.4, 0.5) is 5.69 Å². The number of benzene rings is 1. The Kier molecular flexibility index (Phi) is 4.07. The second kappa shape index (κ2) is 5.57. The van der Waals surface area contributed by atoms with E-state index in [0.29, 0.717) is 0 Å². The minimum absolute atomic E-state index is 0.245. The van der Waals surface area contributed by atoms with Gasteiger partial charge in [-0.2, -0.15) is 5.10 Å². The van der Waals surface area contributed by atoms with Gasteiger partial charge >= 0.3 is 0 Å². The highest BCUT2D eigenvalue weighted by Gasteiger charge is 2.12. The average Bonchev–Trinajstić information content (AvgIpc) is 2.70. The minimum Gasteiger partial charge on any atom is -0.376 e.